The standard InChI is InChI=1S/C28H23BrCl3N3O2/c29-20-8-10-25-22(13-20)28(36)35(27(34-25)18-4-2-1-3-5-18)33-15-17-6-11-26(24(32)12-17)37-16-19-7-9-21(30)14-23(19)31/h6-15,18H,1-5,16H2. The molecular weight excluding hydrogens is 597 g/mol. The summed E-state index contributed by atoms with van der Waals surface area (Å²) >= 11 is 22.2. The summed E-state index contributed by atoms with van der Waals surface area (Å²) in [5.74, 6) is 1.43. The molecule has 37 heavy (non-hydrogen) atoms. The molecule has 0 N–H and O–H groups in total. The van der Waals surface area contributed by atoms with Gasteiger partial charge in [0.05, 0.1) is 22.1 Å². The molecule has 0 spiro atoms. The van der Waals surface area contributed by atoms with Crippen LogP contribution in [0.15, 0.2) is 69.0 Å². The highest BCUT2D eigenvalue weighted by atomic mass is 79.9. The van der Waals surface area contributed by atoms with E-state index in [9.17, 15) is 4.79 Å². The van der Waals surface area contributed by atoms with E-state index in [0.717, 1.165) is 41.3 Å². The van der Waals surface area contributed by atoms with Gasteiger partial charge in [-0.2, -0.15) is 9.78 Å². The van der Waals surface area contributed by atoms with E-state index >= 15 is 0 Å². The molecule has 4 aromatic rings. The Bertz CT molecular complexity index is 1550. The van der Waals surface area contributed by atoms with Crippen LogP contribution in [0.5, 0.6) is 5.75 Å². The number of fused-ring (bicyclic) bond motifs is 1. The Kier molecular flexibility index (Phi) is 8.20. The average Bonchev–Trinajstić information content (AvgIpc) is 2.89. The van der Waals surface area contributed by atoms with Gasteiger partial charge in [0, 0.05) is 26.0 Å². The number of nitrogens with zero attached hydrogens (tertiary/aromatic N) is 3. The SMILES string of the molecule is O=c1c2cc(Br)ccc2nc(C2CCCCC2)n1N=Cc1ccc(OCc2ccc(Cl)cc2Cl)c(Cl)c1. The molecule has 5 nitrogen and oxygen atoms in total. The second-order valence-corrected chi connectivity index (χ2v) is 11.2. The van der Waals surface area contributed by atoms with Gasteiger partial charge >= 0.3 is 0 Å². The van der Waals surface area contributed by atoms with Crippen LogP contribution in [-0.2, 0) is 6.61 Å². The van der Waals surface area contributed by atoms with Crippen molar-refractivity contribution in [1.82, 2.24) is 9.66 Å². The van der Waals surface area contributed by atoms with Gasteiger partial charge in [-0.1, -0.05) is 76.1 Å². The minimum absolute atomic E-state index is 0.186. The second kappa shape index (κ2) is 11.6. The lowest BCUT2D eigenvalue weighted by Gasteiger charge is -2.22. The molecule has 9 heteroatoms. The van der Waals surface area contributed by atoms with Gasteiger partial charge < -0.3 is 4.74 Å². The Hall–Kier alpha value is -2.38. The average molecular weight is 620 g/mol. The van der Waals surface area contributed by atoms with Crippen molar-refractivity contribution >= 4 is 67.9 Å². The van der Waals surface area contributed by atoms with Crippen LogP contribution in [0.3, 0.4) is 0 Å². The quantitative estimate of drug-likeness (QED) is 0.203. The van der Waals surface area contributed by atoms with Crippen LogP contribution in [0.4, 0.5) is 0 Å². The highest BCUT2D eigenvalue weighted by Gasteiger charge is 2.22. The van der Waals surface area contributed by atoms with Crippen LogP contribution in [0.25, 0.3) is 10.9 Å². The first kappa shape index (κ1) is 26.2. The zero-order chi connectivity index (χ0) is 25.9. The Labute approximate surface area is 238 Å². The van der Waals surface area contributed by atoms with E-state index in [4.69, 9.17) is 44.5 Å². The van der Waals surface area contributed by atoms with Crippen molar-refractivity contribution in [2.24, 2.45) is 5.10 Å². The molecule has 190 valence electrons. The fraction of sp³-hybridized carbons (Fsp3) is 0.250. The van der Waals surface area contributed by atoms with Crippen molar-refractivity contribution in [1.29, 1.82) is 0 Å². The van der Waals surface area contributed by atoms with Crippen LogP contribution in [0.1, 0.15) is 55.0 Å². The van der Waals surface area contributed by atoms with Gasteiger partial charge in [0.25, 0.3) is 5.56 Å². The summed E-state index contributed by atoms with van der Waals surface area (Å²) in [5, 5.41) is 6.63. The Balaban J connectivity index is 1.43. The van der Waals surface area contributed by atoms with Crippen molar-refractivity contribution in [2.75, 3.05) is 0 Å². The van der Waals surface area contributed by atoms with Gasteiger partial charge in [0.15, 0.2) is 0 Å². The fourth-order valence-corrected chi connectivity index (χ4v) is 5.60. The maximum atomic E-state index is 13.5. The second-order valence-electron chi connectivity index (χ2n) is 9.04. The molecule has 3 aromatic carbocycles. The van der Waals surface area contributed by atoms with Gasteiger partial charge in [-0.15, -0.1) is 0 Å². The number of halogens is 4. The van der Waals surface area contributed by atoms with Crippen molar-refractivity contribution in [3.05, 3.63) is 101 Å². The molecule has 0 unspecified atom stereocenters. The van der Waals surface area contributed by atoms with E-state index in [1.54, 1.807) is 36.5 Å². The van der Waals surface area contributed by atoms with Crippen LogP contribution in [0, 0.1) is 0 Å². The number of aromatic nitrogens is 2. The van der Waals surface area contributed by atoms with Gasteiger partial charge in [-0.25, -0.2) is 4.98 Å². The van der Waals surface area contributed by atoms with E-state index in [2.05, 4.69) is 21.0 Å². The smallest absolute Gasteiger partial charge is 0.282 e. The van der Waals surface area contributed by atoms with Crippen molar-refractivity contribution in [3.63, 3.8) is 0 Å². The molecule has 0 atom stereocenters. The summed E-state index contributed by atoms with van der Waals surface area (Å²) in [6.07, 6.45) is 7.09. The summed E-state index contributed by atoms with van der Waals surface area (Å²) in [6.45, 7) is 0.252. The minimum Gasteiger partial charge on any atom is -0.487 e. The highest BCUT2D eigenvalue weighted by Crippen LogP contribution is 2.32. The minimum atomic E-state index is -0.186. The molecule has 1 heterocycles. The molecule has 1 saturated carbocycles. The van der Waals surface area contributed by atoms with Gasteiger partial charge in [0.1, 0.15) is 18.2 Å². The predicted octanol–water partition coefficient (Wildman–Crippen LogP) is 8.63. The first-order chi connectivity index (χ1) is 17.9. The summed E-state index contributed by atoms with van der Waals surface area (Å²) in [4.78, 5) is 18.4. The maximum Gasteiger partial charge on any atom is 0.282 e. The number of hydrogen-bond acceptors (Lipinski definition) is 4. The van der Waals surface area contributed by atoms with E-state index < -0.39 is 0 Å². The lowest BCUT2D eigenvalue weighted by Crippen LogP contribution is -2.25. The molecule has 0 saturated heterocycles. The molecule has 1 aliphatic carbocycles. The number of ether oxygens (including phenoxy) is 1. The molecule has 1 aromatic heterocycles. The topological polar surface area (TPSA) is 56.5 Å². The summed E-state index contributed by atoms with van der Waals surface area (Å²) in [7, 11) is 0. The lowest BCUT2D eigenvalue weighted by atomic mass is 9.88. The molecule has 0 amide bonds. The molecular formula is C28H23BrCl3N3O2. The largest absolute Gasteiger partial charge is 0.487 e. The molecule has 0 aliphatic heterocycles. The molecule has 1 fully saturated rings. The Morgan fingerprint density at radius 2 is 1.81 bits per heavy atom. The molecule has 1 aliphatic rings. The Morgan fingerprint density at radius 1 is 1.00 bits per heavy atom. The van der Waals surface area contributed by atoms with Crippen molar-refractivity contribution < 1.29 is 4.74 Å². The number of hydrogen-bond donors (Lipinski definition) is 0. The van der Waals surface area contributed by atoms with Crippen LogP contribution in [-0.4, -0.2) is 15.9 Å². The van der Waals surface area contributed by atoms with E-state index in [-0.39, 0.29) is 18.1 Å². The third kappa shape index (κ3) is 6.04. The van der Waals surface area contributed by atoms with Crippen molar-refractivity contribution in [2.45, 2.75) is 44.6 Å². The number of rotatable bonds is 6. The van der Waals surface area contributed by atoms with Crippen LogP contribution in [0.2, 0.25) is 15.1 Å². The lowest BCUT2D eigenvalue weighted by molar-refractivity contribution is 0.306. The third-order valence-corrected chi connectivity index (χ3v) is 7.86. The first-order valence-corrected chi connectivity index (χ1v) is 13.9. The monoisotopic (exact) mass is 617 g/mol. The summed E-state index contributed by atoms with van der Waals surface area (Å²) in [5.41, 5.74) is 2.04. The van der Waals surface area contributed by atoms with E-state index in [1.807, 2.05) is 24.3 Å². The third-order valence-electron chi connectivity index (χ3n) is 6.48. The summed E-state index contributed by atoms with van der Waals surface area (Å²) in [6, 6.07) is 16.2. The molecule has 5 rings (SSSR count). The van der Waals surface area contributed by atoms with Crippen LogP contribution >= 0.6 is 50.7 Å². The highest BCUT2D eigenvalue weighted by molar-refractivity contribution is 9.10. The zero-order valence-electron chi connectivity index (χ0n) is 19.8. The van der Waals surface area contributed by atoms with Gasteiger partial charge in [-0.3, -0.25) is 4.79 Å². The summed E-state index contributed by atoms with van der Waals surface area (Å²) < 4.78 is 8.14. The molecule has 0 bridgehead atoms. The molecule has 0 radical (unpaired) electrons. The van der Waals surface area contributed by atoms with Crippen molar-refractivity contribution in [3.8, 4) is 5.75 Å². The van der Waals surface area contributed by atoms with E-state index in [1.165, 1.54) is 11.1 Å². The fourth-order valence-electron chi connectivity index (χ4n) is 4.54. The van der Waals surface area contributed by atoms with Crippen LogP contribution < -0.4 is 10.3 Å². The number of benzene rings is 3. The zero-order valence-corrected chi connectivity index (χ0v) is 23.6. The first-order valence-electron chi connectivity index (χ1n) is 12.0. The predicted molar refractivity (Wildman–Crippen MR) is 155 cm³/mol. The van der Waals surface area contributed by atoms with E-state index in [0.29, 0.717) is 37.5 Å². The van der Waals surface area contributed by atoms with Gasteiger partial charge in [-0.05, 0) is 66.9 Å². The normalized spacial score (nSPS) is 14.5. The maximum absolute atomic E-state index is 13.5. The Morgan fingerprint density at radius 3 is 2.57 bits per heavy atom. The van der Waals surface area contributed by atoms with Gasteiger partial charge in [0.2, 0.25) is 0 Å².